The highest BCUT2D eigenvalue weighted by molar-refractivity contribution is 5.94. The molecule has 1 fully saturated rings. The van der Waals surface area contributed by atoms with E-state index in [0.717, 1.165) is 31.1 Å². The van der Waals surface area contributed by atoms with Crippen LogP contribution in [0, 0.1) is 23.2 Å². The topological polar surface area (TPSA) is 56.1 Å². The molecular formula is C17H23N3O. The Labute approximate surface area is 126 Å². The van der Waals surface area contributed by atoms with Crippen LogP contribution >= 0.6 is 0 Å². The molecule has 0 spiro atoms. The van der Waals surface area contributed by atoms with Gasteiger partial charge < -0.3 is 5.32 Å². The van der Waals surface area contributed by atoms with E-state index in [1.165, 1.54) is 0 Å². The van der Waals surface area contributed by atoms with E-state index in [2.05, 4.69) is 30.1 Å². The number of hydrogen-bond donors (Lipinski definition) is 1. The molecule has 1 aliphatic rings. The molecule has 1 aromatic rings. The van der Waals surface area contributed by atoms with Crippen molar-refractivity contribution in [2.75, 3.05) is 18.4 Å². The summed E-state index contributed by atoms with van der Waals surface area (Å²) in [5, 5.41) is 11.7. The highest BCUT2D eigenvalue weighted by Gasteiger charge is 2.28. The molecule has 0 aliphatic carbocycles. The predicted octanol–water partition coefficient (Wildman–Crippen LogP) is 2.86. The average Bonchev–Trinajstić information content (AvgIpc) is 2.50. The quantitative estimate of drug-likeness (QED) is 0.929. The normalized spacial score (nSPS) is 24.1. The first-order chi connectivity index (χ1) is 10.0. The zero-order valence-electron chi connectivity index (χ0n) is 13.0. The van der Waals surface area contributed by atoms with Gasteiger partial charge in [-0.05, 0) is 56.0 Å². The third-order valence-electron chi connectivity index (χ3n) is 4.57. The molecule has 112 valence electrons. The van der Waals surface area contributed by atoms with Crippen molar-refractivity contribution >= 4 is 11.6 Å². The van der Waals surface area contributed by atoms with E-state index in [0.29, 0.717) is 11.5 Å². The SMILES string of the molecule is CC1CCN(C(C)C(=O)Nc2ccc(C#N)cc2)CC1C. The Hall–Kier alpha value is -1.86. The van der Waals surface area contributed by atoms with E-state index in [4.69, 9.17) is 5.26 Å². The van der Waals surface area contributed by atoms with Gasteiger partial charge in [-0.25, -0.2) is 0 Å². The Morgan fingerprint density at radius 2 is 2.00 bits per heavy atom. The van der Waals surface area contributed by atoms with Gasteiger partial charge in [-0.15, -0.1) is 0 Å². The molecule has 4 heteroatoms. The second-order valence-electron chi connectivity index (χ2n) is 6.09. The second kappa shape index (κ2) is 6.73. The zero-order chi connectivity index (χ0) is 15.4. The van der Waals surface area contributed by atoms with Crippen LogP contribution in [0.4, 0.5) is 5.69 Å². The highest BCUT2D eigenvalue weighted by atomic mass is 16.2. The van der Waals surface area contributed by atoms with E-state index in [1.807, 2.05) is 6.92 Å². The number of carbonyl (C=O) groups is 1. The number of rotatable bonds is 3. The summed E-state index contributed by atoms with van der Waals surface area (Å²) in [4.78, 5) is 14.6. The van der Waals surface area contributed by atoms with Gasteiger partial charge in [0.25, 0.3) is 0 Å². The van der Waals surface area contributed by atoms with Gasteiger partial charge in [0.1, 0.15) is 0 Å². The summed E-state index contributed by atoms with van der Waals surface area (Å²) in [5.41, 5.74) is 1.34. The fraction of sp³-hybridized carbons (Fsp3) is 0.529. The maximum absolute atomic E-state index is 12.3. The van der Waals surface area contributed by atoms with Crippen molar-refractivity contribution in [1.29, 1.82) is 5.26 Å². The summed E-state index contributed by atoms with van der Waals surface area (Å²) in [7, 11) is 0. The largest absolute Gasteiger partial charge is 0.325 e. The highest BCUT2D eigenvalue weighted by Crippen LogP contribution is 2.24. The van der Waals surface area contributed by atoms with Crippen molar-refractivity contribution in [2.24, 2.45) is 11.8 Å². The van der Waals surface area contributed by atoms with Crippen LogP contribution in [0.1, 0.15) is 32.8 Å². The number of hydrogen-bond acceptors (Lipinski definition) is 3. The summed E-state index contributed by atoms with van der Waals surface area (Å²) < 4.78 is 0. The summed E-state index contributed by atoms with van der Waals surface area (Å²) in [5.74, 6) is 1.38. The van der Waals surface area contributed by atoms with E-state index < -0.39 is 0 Å². The molecule has 1 aliphatic heterocycles. The molecule has 4 nitrogen and oxygen atoms in total. The van der Waals surface area contributed by atoms with Gasteiger partial charge in [0.15, 0.2) is 0 Å². The number of piperidine rings is 1. The monoisotopic (exact) mass is 285 g/mol. The van der Waals surface area contributed by atoms with Gasteiger partial charge in [-0.2, -0.15) is 5.26 Å². The molecule has 1 N–H and O–H groups in total. The molecule has 1 aromatic carbocycles. The minimum atomic E-state index is -0.129. The lowest BCUT2D eigenvalue weighted by Crippen LogP contribution is -2.48. The number of nitriles is 1. The number of nitrogens with one attached hydrogen (secondary N) is 1. The number of anilines is 1. The number of carbonyl (C=O) groups excluding carboxylic acids is 1. The van der Waals surface area contributed by atoms with Crippen LogP contribution in [-0.4, -0.2) is 29.9 Å². The molecule has 1 amide bonds. The van der Waals surface area contributed by atoms with Gasteiger partial charge in [-0.1, -0.05) is 13.8 Å². The Morgan fingerprint density at radius 3 is 2.57 bits per heavy atom. The smallest absolute Gasteiger partial charge is 0.241 e. The Balaban J connectivity index is 1.94. The zero-order valence-corrected chi connectivity index (χ0v) is 13.0. The molecule has 1 saturated heterocycles. The van der Waals surface area contributed by atoms with Crippen LogP contribution < -0.4 is 5.32 Å². The third-order valence-corrected chi connectivity index (χ3v) is 4.57. The fourth-order valence-electron chi connectivity index (χ4n) is 2.69. The Morgan fingerprint density at radius 1 is 1.33 bits per heavy atom. The molecule has 21 heavy (non-hydrogen) atoms. The summed E-state index contributed by atoms with van der Waals surface area (Å²) in [6.45, 7) is 8.45. The van der Waals surface area contributed by atoms with Crippen molar-refractivity contribution < 1.29 is 4.79 Å². The average molecular weight is 285 g/mol. The predicted molar refractivity (Wildman–Crippen MR) is 83.8 cm³/mol. The van der Waals surface area contributed by atoms with Crippen LogP contribution in [0.3, 0.4) is 0 Å². The van der Waals surface area contributed by atoms with Gasteiger partial charge in [0.05, 0.1) is 17.7 Å². The van der Waals surface area contributed by atoms with Gasteiger partial charge in [-0.3, -0.25) is 9.69 Å². The van der Waals surface area contributed by atoms with E-state index in [9.17, 15) is 4.79 Å². The fourth-order valence-corrected chi connectivity index (χ4v) is 2.69. The number of benzene rings is 1. The minimum Gasteiger partial charge on any atom is -0.325 e. The van der Waals surface area contributed by atoms with E-state index >= 15 is 0 Å². The molecule has 0 aromatic heterocycles. The van der Waals surface area contributed by atoms with Crippen molar-refractivity contribution in [1.82, 2.24) is 4.90 Å². The van der Waals surface area contributed by atoms with Crippen LogP contribution in [0.5, 0.6) is 0 Å². The standard InChI is InChI=1S/C17H23N3O/c1-12-8-9-20(11-13(12)2)14(3)17(21)19-16-6-4-15(10-18)5-7-16/h4-7,12-14H,8-9,11H2,1-3H3,(H,19,21). The first-order valence-electron chi connectivity index (χ1n) is 7.56. The van der Waals surface area contributed by atoms with E-state index in [1.54, 1.807) is 24.3 Å². The molecule has 1 heterocycles. The summed E-state index contributed by atoms with van der Waals surface area (Å²) in [6, 6.07) is 8.90. The van der Waals surface area contributed by atoms with Crippen molar-refractivity contribution in [3.8, 4) is 6.07 Å². The number of amides is 1. The molecular weight excluding hydrogens is 262 g/mol. The molecule has 3 atom stereocenters. The maximum atomic E-state index is 12.3. The van der Waals surface area contributed by atoms with E-state index in [-0.39, 0.29) is 11.9 Å². The Bertz CT molecular complexity index is 532. The lowest BCUT2D eigenvalue weighted by atomic mass is 9.88. The first kappa shape index (κ1) is 15.5. The molecule has 0 bridgehead atoms. The lowest BCUT2D eigenvalue weighted by molar-refractivity contribution is -0.121. The van der Waals surface area contributed by atoms with Crippen molar-refractivity contribution in [2.45, 2.75) is 33.2 Å². The van der Waals surface area contributed by atoms with Crippen LogP contribution in [0.15, 0.2) is 24.3 Å². The summed E-state index contributed by atoms with van der Waals surface area (Å²) >= 11 is 0. The van der Waals surface area contributed by atoms with Crippen LogP contribution in [0.2, 0.25) is 0 Å². The second-order valence-corrected chi connectivity index (χ2v) is 6.09. The van der Waals surface area contributed by atoms with Gasteiger partial charge >= 0.3 is 0 Å². The van der Waals surface area contributed by atoms with Crippen LogP contribution in [-0.2, 0) is 4.79 Å². The molecule has 0 radical (unpaired) electrons. The number of nitrogens with zero attached hydrogens (tertiary/aromatic N) is 2. The van der Waals surface area contributed by atoms with Crippen molar-refractivity contribution in [3.05, 3.63) is 29.8 Å². The molecule has 3 unspecified atom stereocenters. The minimum absolute atomic E-state index is 0.0152. The summed E-state index contributed by atoms with van der Waals surface area (Å²) in [6.07, 6.45) is 1.15. The first-order valence-corrected chi connectivity index (χ1v) is 7.56. The Kier molecular flexibility index (Phi) is 4.98. The van der Waals surface area contributed by atoms with Gasteiger partial charge in [0.2, 0.25) is 5.91 Å². The maximum Gasteiger partial charge on any atom is 0.241 e. The molecule has 2 rings (SSSR count). The van der Waals surface area contributed by atoms with Gasteiger partial charge in [0, 0.05) is 12.2 Å². The molecule has 0 saturated carbocycles. The lowest BCUT2D eigenvalue weighted by Gasteiger charge is -2.38. The third kappa shape index (κ3) is 3.83. The number of likely N-dealkylation sites (tertiary alicyclic amines) is 1. The van der Waals surface area contributed by atoms with Crippen molar-refractivity contribution in [3.63, 3.8) is 0 Å². The van der Waals surface area contributed by atoms with Crippen LogP contribution in [0.25, 0.3) is 0 Å².